The van der Waals surface area contributed by atoms with E-state index in [9.17, 15) is 0 Å². The first kappa shape index (κ1) is 14.6. The van der Waals surface area contributed by atoms with E-state index < -0.39 is 0 Å². The quantitative estimate of drug-likeness (QED) is 0.833. The van der Waals surface area contributed by atoms with E-state index in [4.69, 9.17) is 9.84 Å². The number of nitrogens with zero attached hydrogens (tertiary/aromatic N) is 2. The highest BCUT2D eigenvalue weighted by Gasteiger charge is 2.22. The van der Waals surface area contributed by atoms with Gasteiger partial charge in [0.15, 0.2) is 0 Å². The Kier molecular flexibility index (Phi) is 3.89. The van der Waals surface area contributed by atoms with Crippen molar-refractivity contribution in [2.45, 2.75) is 46.0 Å². The molecule has 3 nitrogen and oxygen atoms in total. The van der Waals surface area contributed by atoms with Gasteiger partial charge in [0.05, 0.1) is 12.8 Å². The van der Waals surface area contributed by atoms with E-state index in [1.54, 1.807) is 7.11 Å². The van der Waals surface area contributed by atoms with Crippen molar-refractivity contribution in [3.05, 3.63) is 41.7 Å². The van der Waals surface area contributed by atoms with Crippen LogP contribution in [-0.2, 0) is 5.41 Å². The predicted molar refractivity (Wildman–Crippen MR) is 82.9 cm³/mol. The van der Waals surface area contributed by atoms with Gasteiger partial charge in [0, 0.05) is 11.1 Å². The first-order valence-electron chi connectivity index (χ1n) is 7.08. The molecule has 2 rings (SSSR count). The minimum atomic E-state index is 0.0386. The Bertz CT molecular complexity index is 591. The zero-order chi connectivity index (χ0) is 14.9. The average molecular weight is 272 g/mol. The van der Waals surface area contributed by atoms with E-state index >= 15 is 0 Å². The first-order valence-corrected chi connectivity index (χ1v) is 7.08. The molecule has 0 aliphatic carbocycles. The minimum Gasteiger partial charge on any atom is -0.494 e. The molecule has 0 spiro atoms. The number of methoxy groups -OCH3 is 1. The third kappa shape index (κ3) is 2.72. The summed E-state index contributed by atoms with van der Waals surface area (Å²) in [6.45, 7) is 10.9. The molecule has 1 aromatic heterocycles. The molecule has 0 fully saturated rings. The molecule has 1 aromatic carbocycles. The number of rotatable bonds is 3. The van der Waals surface area contributed by atoms with Crippen LogP contribution in [0.5, 0.6) is 5.75 Å². The van der Waals surface area contributed by atoms with E-state index in [1.807, 2.05) is 28.9 Å². The van der Waals surface area contributed by atoms with Crippen LogP contribution in [0.3, 0.4) is 0 Å². The van der Waals surface area contributed by atoms with Crippen molar-refractivity contribution in [3.63, 3.8) is 0 Å². The van der Waals surface area contributed by atoms with Gasteiger partial charge in [-0.25, -0.2) is 4.68 Å². The second kappa shape index (κ2) is 5.31. The molecule has 0 aliphatic heterocycles. The molecule has 20 heavy (non-hydrogen) atoms. The summed E-state index contributed by atoms with van der Waals surface area (Å²) in [5, 5.41) is 4.82. The molecule has 0 saturated heterocycles. The van der Waals surface area contributed by atoms with Gasteiger partial charge in [-0.2, -0.15) is 5.10 Å². The van der Waals surface area contributed by atoms with Gasteiger partial charge in [-0.3, -0.25) is 0 Å². The summed E-state index contributed by atoms with van der Waals surface area (Å²) < 4.78 is 7.49. The van der Waals surface area contributed by atoms with Gasteiger partial charge in [-0.05, 0) is 24.1 Å². The second-order valence-corrected chi connectivity index (χ2v) is 6.44. The molecule has 1 heterocycles. The highest BCUT2D eigenvalue weighted by molar-refractivity contribution is 5.47. The normalized spacial score (nSPS) is 11.9. The molecule has 108 valence electrons. The van der Waals surface area contributed by atoms with Crippen molar-refractivity contribution in [3.8, 4) is 11.4 Å². The number of benzene rings is 1. The van der Waals surface area contributed by atoms with E-state index in [2.05, 4.69) is 40.7 Å². The van der Waals surface area contributed by atoms with E-state index in [0.717, 1.165) is 17.1 Å². The Morgan fingerprint density at radius 1 is 1.15 bits per heavy atom. The van der Waals surface area contributed by atoms with Gasteiger partial charge in [-0.15, -0.1) is 0 Å². The van der Waals surface area contributed by atoms with Crippen LogP contribution in [0.4, 0.5) is 0 Å². The summed E-state index contributed by atoms with van der Waals surface area (Å²) in [5.74, 6) is 1.25. The summed E-state index contributed by atoms with van der Waals surface area (Å²) in [6, 6.07) is 10.2. The molecule has 2 aromatic rings. The van der Waals surface area contributed by atoms with Crippen LogP contribution in [0.15, 0.2) is 30.3 Å². The summed E-state index contributed by atoms with van der Waals surface area (Å²) in [6.07, 6.45) is 0. The van der Waals surface area contributed by atoms with Gasteiger partial charge in [0.25, 0.3) is 0 Å². The maximum Gasteiger partial charge on any atom is 0.144 e. The third-order valence-electron chi connectivity index (χ3n) is 3.41. The highest BCUT2D eigenvalue weighted by Crippen LogP contribution is 2.30. The number of para-hydroxylation sites is 2. The van der Waals surface area contributed by atoms with Gasteiger partial charge in [0.2, 0.25) is 0 Å². The van der Waals surface area contributed by atoms with Crippen LogP contribution in [-0.4, -0.2) is 16.9 Å². The lowest BCUT2D eigenvalue weighted by Crippen LogP contribution is -2.13. The lowest BCUT2D eigenvalue weighted by atomic mass is 9.91. The molecule has 0 N–H and O–H groups in total. The lowest BCUT2D eigenvalue weighted by molar-refractivity contribution is 0.410. The fourth-order valence-electron chi connectivity index (χ4n) is 2.17. The number of hydrogen-bond donors (Lipinski definition) is 0. The monoisotopic (exact) mass is 272 g/mol. The minimum absolute atomic E-state index is 0.0386. The van der Waals surface area contributed by atoms with Crippen molar-refractivity contribution >= 4 is 0 Å². The zero-order valence-corrected chi connectivity index (χ0v) is 13.3. The van der Waals surface area contributed by atoms with Gasteiger partial charge in [0.1, 0.15) is 11.4 Å². The van der Waals surface area contributed by atoms with Crippen LogP contribution in [0, 0.1) is 0 Å². The summed E-state index contributed by atoms with van der Waals surface area (Å²) in [5.41, 5.74) is 3.34. The fourth-order valence-corrected chi connectivity index (χ4v) is 2.17. The molecule has 0 amide bonds. The standard InChI is InChI=1S/C17H24N2O/c1-12(2)14-11-16(17(3,4)5)18-19(14)13-9-7-8-10-15(13)20-6/h7-12H,1-6H3. The maximum atomic E-state index is 5.47. The lowest BCUT2D eigenvalue weighted by Gasteiger charge is -2.15. The smallest absolute Gasteiger partial charge is 0.144 e. The van der Waals surface area contributed by atoms with E-state index in [-0.39, 0.29) is 5.41 Å². The van der Waals surface area contributed by atoms with Gasteiger partial charge >= 0.3 is 0 Å². The molecule has 0 aliphatic rings. The van der Waals surface area contributed by atoms with Crippen molar-refractivity contribution in [2.24, 2.45) is 0 Å². The summed E-state index contributed by atoms with van der Waals surface area (Å²) >= 11 is 0. The van der Waals surface area contributed by atoms with Gasteiger partial charge in [-0.1, -0.05) is 46.8 Å². The number of ether oxygens (including phenoxy) is 1. The van der Waals surface area contributed by atoms with Gasteiger partial charge < -0.3 is 4.74 Å². The molecular formula is C17H24N2O. The topological polar surface area (TPSA) is 27.1 Å². The molecular weight excluding hydrogens is 248 g/mol. The van der Waals surface area contributed by atoms with Crippen molar-refractivity contribution in [1.82, 2.24) is 9.78 Å². The van der Waals surface area contributed by atoms with Crippen molar-refractivity contribution < 1.29 is 4.74 Å². The first-order chi connectivity index (χ1) is 9.34. The number of hydrogen-bond acceptors (Lipinski definition) is 2. The largest absolute Gasteiger partial charge is 0.494 e. The van der Waals surface area contributed by atoms with Crippen LogP contribution < -0.4 is 4.74 Å². The fraction of sp³-hybridized carbons (Fsp3) is 0.471. The molecule has 3 heteroatoms. The Labute approximate surface area is 121 Å². The van der Waals surface area contributed by atoms with Crippen LogP contribution >= 0.6 is 0 Å². The van der Waals surface area contributed by atoms with Crippen molar-refractivity contribution in [1.29, 1.82) is 0 Å². The molecule has 0 atom stereocenters. The van der Waals surface area contributed by atoms with E-state index in [0.29, 0.717) is 5.92 Å². The Morgan fingerprint density at radius 3 is 2.35 bits per heavy atom. The number of aromatic nitrogens is 2. The van der Waals surface area contributed by atoms with Crippen molar-refractivity contribution in [2.75, 3.05) is 7.11 Å². The van der Waals surface area contributed by atoms with Crippen LogP contribution in [0.2, 0.25) is 0 Å². The Balaban J connectivity index is 2.63. The van der Waals surface area contributed by atoms with Crippen LogP contribution in [0.25, 0.3) is 5.69 Å². The Hall–Kier alpha value is -1.77. The molecule has 0 unspecified atom stereocenters. The average Bonchev–Trinajstić information content (AvgIpc) is 2.83. The molecule has 0 bridgehead atoms. The predicted octanol–water partition coefficient (Wildman–Crippen LogP) is 4.30. The Morgan fingerprint density at radius 2 is 1.80 bits per heavy atom. The molecule has 0 saturated carbocycles. The second-order valence-electron chi connectivity index (χ2n) is 6.44. The zero-order valence-electron chi connectivity index (χ0n) is 13.3. The SMILES string of the molecule is COc1ccccc1-n1nc(C(C)(C)C)cc1C(C)C. The summed E-state index contributed by atoms with van der Waals surface area (Å²) in [7, 11) is 1.70. The third-order valence-corrected chi connectivity index (χ3v) is 3.41. The van der Waals surface area contributed by atoms with Crippen LogP contribution in [0.1, 0.15) is 51.9 Å². The van der Waals surface area contributed by atoms with E-state index in [1.165, 1.54) is 5.69 Å². The summed E-state index contributed by atoms with van der Waals surface area (Å²) in [4.78, 5) is 0. The maximum absolute atomic E-state index is 5.47. The molecule has 0 radical (unpaired) electrons. The highest BCUT2D eigenvalue weighted by atomic mass is 16.5.